The number of nitrogens with two attached hydrogens (primary N) is 1. The van der Waals surface area contributed by atoms with E-state index in [0.29, 0.717) is 17.9 Å². The summed E-state index contributed by atoms with van der Waals surface area (Å²) in [5.41, 5.74) is 7.27. The van der Waals surface area contributed by atoms with Gasteiger partial charge < -0.3 is 10.6 Å². The van der Waals surface area contributed by atoms with Crippen molar-refractivity contribution >= 4 is 38.3 Å². The molecule has 2 rings (SSSR count). The molecular formula is C12H11BrN4S. The first-order chi connectivity index (χ1) is 8.61. The van der Waals surface area contributed by atoms with E-state index in [1.807, 2.05) is 36.2 Å². The van der Waals surface area contributed by atoms with E-state index in [1.165, 1.54) is 11.5 Å². The molecule has 4 nitrogen and oxygen atoms in total. The molecule has 2 aromatic rings. The van der Waals surface area contributed by atoms with Crippen LogP contribution in [0.2, 0.25) is 0 Å². The van der Waals surface area contributed by atoms with Crippen LogP contribution in [0.25, 0.3) is 0 Å². The molecule has 0 atom stereocenters. The van der Waals surface area contributed by atoms with Gasteiger partial charge in [-0.05, 0) is 29.2 Å². The average Bonchev–Trinajstić information content (AvgIpc) is 2.73. The quantitative estimate of drug-likeness (QED) is 0.943. The topological polar surface area (TPSA) is 65.9 Å². The van der Waals surface area contributed by atoms with E-state index < -0.39 is 0 Å². The highest BCUT2D eigenvalue weighted by Crippen LogP contribution is 2.29. The second kappa shape index (κ2) is 5.38. The molecule has 0 aliphatic rings. The van der Waals surface area contributed by atoms with Crippen LogP contribution in [-0.4, -0.2) is 11.4 Å². The fourth-order valence-corrected chi connectivity index (χ4v) is 2.58. The molecule has 92 valence electrons. The molecule has 1 aromatic carbocycles. The van der Waals surface area contributed by atoms with Crippen molar-refractivity contribution in [2.45, 2.75) is 6.54 Å². The highest BCUT2D eigenvalue weighted by Gasteiger charge is 2.14. The Morgan fingerprint density at radius 3 is 2.72 bits per heavy atom. The fourth-order valence-electron chi connectivity index (χ4n) is 1.59. The van der Waals surface area contributed by atoms with Gasteiger partial charge in [0.25, 0.3) is 0 Å². The summed E-state index contributed by atoms with van der Waals surface area (Å²) < 4.78 is 5.06. The van der Waals surface area contributed by atoms with Gasteiger partial charge in [0, 0.05) is 18.1 Å². The van der Waals surface area contributed by atoms with Crippen molar-refractivity contribution in [2.75, 3.05) is 17.7 Å². The van der Waals surface area contributed by atoms with Crippen molar-refractivity contribution in [2.24, 2.45) is 0 Å². The van der Waals surface area contributed by atoms with Crippen molar-refractivity contribution in [3.63, 3.8) is 0 Å². The predicted molar refractivity (Wildman–Crippen MR) is 77.5 cm³/mol. The number of rotatable bonds is 3. The Labute approximate surface area is 118 Å². The van der Waals surface area contributed by atoms with Crippen molar-refractivity contribution in [3.05, 3.63) is 39.9 Å². The van der Waals surface area contributed by atoms with Crippen LogP contribution >= 0.6 is 27.5 Å². The van der Waals surface area contributed by atoms with Crippen molar-refractivity contribution in [1.82, 2.24) is 4.37 Å². The molecule has 0 spiro atoms. The third-order valence-corrected chi connectivity index (χ3v) is 4.00. The Hall–Kier alpha value is -1.58. The van der Waals surface area contributed by atoms with Gasteiger partial charge in [-0.15, -0.1) is 0 Å². The van der Waals surface area contributed by atoms with Gasteiger partial charge >= 0.3 is 0 Å². The number of anilines is 2. The molecule has 0 bridgehead atoms. The molecule has 6 heteroatoms. The van der Waals surface area contributed by atoms with E-state index >= 15 is 0 Å². The average molecular weight is 323 g/mol. The van der Waals surface area contributed by atoms with Crippen LogP contribution in [0.5, 0.6) is 0 Å². The van der Waals surface area contributed by atoms with E-state index in [9.17, 15) is 0 Å². The minimum Gasteiger partial charge on any atom is -0.382 e. The van der Waals surface area contributed by atoms with Crippen molar-refractivity contribution in [3.8, 4) is 6.07 Å². The molecule has 0 radical (unpaired) electrons. The lowest BCUT2D eigenvalue weighted by atomic mass is 10.2. The van der Waals surface area contributed by atoms with E-state index in [4.69, 9.17) is 11.0 Å². The molecule has 0 unspecified atom stereocenters. The summed E-state index contributed by atoms with van der Waals surface area (Å²) >= 11 is 4.65. The molecule has 0 fully saturated rings. The number of benzene rings is 1. The predicted octanol–water partition coefficient (Wildman–Crippen LogP) is 3.00. The highest BCUT2D eigenvalue weighted by atomic mass is 79.9. The maximum absolute atomic E-state index is 9.04. The first kappa shape index (κ1) is 12.9. The largest absolute Gasteiger partial charge is 0.382 e. The molecule has 0 saturated carbocycles. The van der Waals surface area contributed by atoms with Crippen LogP contribution in [-0.2, 0) is 6.54 Å². The number of aromatic nitrogens is 1. The number of nitrogen functional groups attached to an aromatic ring is 1. The summed E-state index contributed by atoms with van der Waals surface area (Å²) in [7, 11) is 1.93. The standard InChI is InChI=1S/C12H11BrN4S/c1-17(7-8-2-4-9(13)5-3-8)12-10(6-14)11(15)16-18-12/h2-5H,7H2,1H3,(H2,15,16). The molecule has 1 aromatic heterocycles. The van der Waals surface area contributed by atoms with Gasteiger partial charge in [0.05, 0.1) is 0 Å². The molecule has 18 heavy (non-hydrogen) atoms. The van der Waals surface area contributed by atoms with Crippen LogP contribution in [0.15, 0.2) is 28.7 Å². The minimum atomic E-state index is 0.306. The van der Waals surface area contributed by atoms with Gasteiger partial charge in [0.15, 0.2) is 5.82 Å². The van der Waals surface area contributed by atoms with E-state index in [1.54, 1.807) is 0 Å². The number of nitrogens with zero attached hydrogens (tertiary/aromatic N) is 3. The maximum Gasteiger partial charge on any atom is 0.157 e. The van der Waals surface area contributed by atoms with Crippen LogP contribution in [0.1, 0.15) is 11.1 Å². The second-order valence-corrected chi connectivity index (χ2v) is 5.51. The lowest BCUT2D eigenvalue weighted by Gasteiger charge is -2.17. The molecule has 1 heterocycles. The number of halogens is 1. The zero-order valence-corrected chi connectivity index (χ0v) is 12.1. The summed E-state index contributed by atoms with van der Waals surface area (Å²) in [5, 5.41) is 9.85. The van der Waals surface area contributed by atoms with Crippen LogP contribution in [0, 0.1) is 11.3 Å². The Kier molecular flexibility index (Phi) is 3.84. The van der Waals surface area contributed by atoms with Gasteiger partial charge in [-0.1, -0.05) is 28.1 Å². The minimum absolute atomic E-state index is 0.306. The Balaban J connectivity index is 2.19. The van der Waals surface area contributed by atoms with E-state index in [0.717, 1.165) is 15.0 Å². The monoisotopic (exact) mass is 322 g/mol. The lowest BCUT2D eigenvalue weighted by Crippen LogP contribution is -2.16. The normalized spacial score (nSPS) is 10.1. The maximum atomic E-state index is 9.04. The van der Waals surface area contributed by atoms with E-state index in [-0.39, 0.29) is 0 Å². The third kappa shape index (κ3) is 2.63. The number of hydrogen-bond donors (Lipinski definition) is 1. The molecular weight excluding hydrogens is 312 g/mol. The van der Waals surface area contributed by atoms with Crippen molar-refractivity contribution < 1.29 is 0 Å². The summed E-state index contributed by atoms with van der Waals surface area (Å²) in [6, 6.07) is 10.2. The summed E-state index contributed by atoms with van der Waals surface area (Å²) in [6.07, 6.45) is 0. The summed E-state index contributed by atoms with van der Waals surface area (Å²) in [4.78, 5) is 1.98. The zero-order valence-electron chi connectivity index (χ0n) is 9.72. The Bertz CT molecular complexity index is 585. The van der Waals surface area contributed by atoms with Crippen molar-refractivity contribution in [1.29, 1.82) is 5.26 Å². The molecule has 0 amide bonds. The van der Waals surface area contributed by atoms with Gasteiger partial charge in [-0.3, -0.25) is 0 Å². The van der Waals surface area contributed by atoms with Crippen LogP contribution in [0.4, 0.5) is 10.8 Å². The molecule has 0 aliphatic carbocycles. The third-order valence-electron chi connectivity index (χ3n) is 2.49. The first-order valence-electron chi connectivity index (χ1n) is 5.22. The lowest BCUT2D eigenvalue weighted by molar-refractivity contribution is 0.933. The molecule has 0 saturated heterocycles. The first-order valence-corrected chi connectivity index (χ1v) is 6.79. The van der Waals surface area contributed by atoms with Crippen LogP contribution in [0.3, 0.4) is 0 Å². The summed E-state index contributed by atoms with van der Waals surface area (Å²) in [5.74, 6) is 0.306. The molecule has 2 N–H and O–H groups in total. The molecule has 0 aliphatic heterocycles. The summed E-state index contributed by atoms with van der Waals surface area (Å²) in [6.45, 7) is 0.712. The Morgan fingerprint density at radius 1 is 1.44 bits per heavy atom. The SMILES string of the molecule is CN(Cc1ccc(Br)cc1)c1snc(N)c1C#N. The van der Waals surface area contributed by atoms with Gasteiger partial charge in [0.2, 0.25) is 0 Å². The highest BCUT2D eigenvalue weighted by molar-refractivity contribution is 9.10. The Morgan fingerprint density at radius 2 is 2.11 bits per heavy atom. The number of hydrogen-bond acceptors (Lipinski definition) is 5. The fraction of sp³-hybridized carbons (Fsp3) is 0.167. The van der Waals surface area contributed by atoms with Gasteiger partial charge in [-0.2, -0.15) is 9.64 Å². The van der Waals surface area contributed by atoms with Gasteiger partial charge in [-0.25, -0.2) is 0 Å². The van der Waals surface area contributed by atoms with E-state index in [2.05, 4.69) is 26.4 Å². The number of nitriles is 1. The second-order valence-electron chi connectivity index (χ2n) is 3.84. The van der Waals surface area contributed by atoms with Crippen LogP contribution < -0.4 is 10.6 Å². The smallest absolute Gasteiger partial charge is 0.157 e. The zero-order chi connectivity index (χ0) is 13.1. The van der Waals surface area contributed by atoms with Gasteiger partial charge in [0.1, 0.15) is 16.6 Å².